The van der Waals surface area contributed by atoms with Crippen molar-refractivity contribution in [3.8, 4) is 5.75 Å². The van der Waals surface area contributed by atoms with Gasteiger partial charge in [-0.15, -0.1) is 0 Å². The van der Waals surface area contributed by atoms with Crippen LogP contribution in [0, 0.1) is 6.92 Å². The Hall–Kier alpha value is -2.14. The van der Waals surface area contributed by atoms with E-state index in [0.29, 0.717) is 5.56 Å². The number of amides is 1. The van der Waals surface area contributed by atoms with Crippen LogP contribution in [0.1, 0.15) is 23.0 Å². The SMILES string of the molecule is CCN1CCN(C(=O)c2cc3ccc(OC)cc3nc2C)CC1. The van der Waals surface area contributed by atoms with E-state index in [9.17, 15) is 4.79 Å². The second kappa shape index (κ2) is 6.54. The van der Waals surface area contributed by atoms with E-state index in [4.69, 9.17) is 4.74 Å². The van der Waals surface area contributed by atoms with Gasteiger partial charge in [0, 0.05) is 37.6 Å². The molecule has 0 N–H and O–H groups in total. The Kier molecular flexibility index (Phi) is 4.48. The van der Waals surface area contributed by atoms with E-state index in [1.165, 1.54) is 0 Å². The molecule has 0 aliphatic carbocycles. The Morgan fingerprint density at radius 2 is 1.96 bits per heavy atom. The Morgan fingerprint density at radius 1 is 1.22 bits per heavy atom. The highest BCUT2D eigenvalue weighted by atomic mass is 16.5. The highest BCUT2D eigenvalue weighted by Crippen LogP contribution is 2.22. The minimum absolute atomic E-state index is 0.0865. The summed E-state index contributed by atoms with van der Waals surface area (Å²) in [6, 6.07) is 7.70. The van der Waals surface area contributed by atoms with Gasteiger partial charge in [0.2, 0.25) is 0 Å². The van der Waals surface area contributed by atoms with Gasteiger partial charge < -0.3 is 14.5 Å². The zero-order valence-corrected chi connectivity index (χ0v) is 14.0. The van der Waals surface area contributed by atoms with Gasteiger partial charge in [-0.05, 0) is 31.7 Å². The first-order chi connectivity index (χ1) is 11.1. The molecule has 0 saturated carbocycles. The number of aryl methyl sites for hydroxylation is 1. The normalized spacial score (nSPS) is 15.9. The number of piperazine rings is 1. The van der Waals surface area contributed by atoms with Crippen molar-refractivity contribution >= 4 is 16.8 Å². The van der Waals surface area contributed by atoms with Crippen molar-refractivity contribution in [2.45, 2.75) is 13.8 Å². The van der Waals surface area contributed by atoms with Gasteiger partial charge in [-0.2, -0.15) is 0 Å². The van der Waals surface area contributed by atoms with Crippen LogP contribution in [-0.2, 0) is 0 Å². The number of pyridine rings is 1. The summed E-state index contributed by atoms with van der Waals surface area (Å²) in [4.78, 5) is 21.7. The van der Waals surface area contributed by atoms with Gasteiger partial charge in [0.15, 0.2) is 0 Å². The standard InChI is InChI=1S/C18H23N3O2/c1-4-20-7-9-21(10-8-20)18(22)16-11-14-5-6-15(23-3)12-17(14)19-13(16)2/h5-6,11-12H,4,7-10H2,1-3H3. The molecule has 1 fully saturated rings. The number of rotatable bonds is 3. The van der Waals surface area contributed by atoms with Crippen LogP contribution < -0.4 is 4.74 Å². The van der Waals surface area contributed by atoms with Crippen LogP contribution in [-0.4, -0.2) is 60.5 Å². The summed E-state index contributed by atoms with van der Waals surface area (Å²) in [7, 11) is 1.64. The van der Waals surface area contributed by atoms with Crippen LogP contribution in [0.4, 0.5) is 0 Å². The monoisotopic (exact) mass is 313 g/mol. The summed E-state index contributed by atoms with van der Waals surface area (Å²) >= 11 is 0. The summed E-state index contributed by atoms with van der Waals surface area (Å²) in [5.41, 5.74) is 2.33. The number of hydrogen-bond acceptors (Lipinski definition) is 4. The maximum absolute atomic E-state index is 12.8. The molecular formula is C18H23N3O2. The Morgan fingerprint density at radius 3 is 2.61 bits per heavy atom. The molecule has 0 radical (unpaired) electrons. The van der Waals surface area contributed by atoms with Crippen molar-refractivity contribution in [3.05, 3.63) is 35.5 Å². The molecule has 2 heterocycles. The molecule has 0 bridgehead atoms. The van der Waals surface area contributed by atoms with Crippen molar-refractivity contribution < 1.29 is 9.53 Å². The first-order valence-electron chi connectivity index (χ1n) is 8.09. The molecule has 2 aromatic rings. The second-order valence-corrected chi connectivity index (χ2v) is 5.91. The molecule has 1 aromatic heterocycles. The number of hydrogen-bond donors (Lipinski definition) is 0. The molecule has 0 spiro atoms. The molecule has 5 heteroatoms. The number of nitrogens with zero attached hydrogens (tertiary/aromatic N) is 3. The molecule has 1 saturated heterocycles. The average molecular weight is 313 g/mol. The molecule has 5 nitrogen and oxygen atoms in total. The minimum Gasteiger partial charge on any atom is -0.497 e. The van der Waals surface area contributed by atoms with Crippen molar-refractivity contribution in [1.29, 1.82) is 0 Å². The maximum atomic E-state index is 12.8. The van der Waals surface area contributed by atoms with Gasteiger partial charge >= 0.3 is 0 Å². The Balaban J connectivity index is 1.87. The lowest BCUT2D eigenvalue weighted by molar-refractivity contribution is 0.0642. The lowest BCUT2D eigenvalue weighted by Crippen LogP contribution is -2.48. The number of fused-ring (bicyclic) bond motifs is 1. The molecule has 0 atom stereocenters. The maximum Gasteiger partial charge on any atom is 0.255 e. The van der Waals surface area contributed by atoms with Crippen molar-refractivity contribution in [3.63, 3.8) is 0 Å². The van der Waals surface area contributed by atoms with E-state index in [1.807, 2.05) is 36.1 Å². The number of carbonyl (C=O) groups excluding carboxylic acids is 1. The summed E-state index contributed by atoms with van der Waals surface area (Å²) < 4.78 is 5.24. The van der Waals surface area contributed by atoms with Crippen molar-refractivity contribution in [1.82, 2.24) is 14.8 Å². The highest BCUT2D eigenvalue weighted by Gasteiger charge is 2.23. The molecule has 1 aliphatic heterocycles. The Bertz CT molecular complexity index is 722. The van der Waals surface area contributed by atoms with Gasteiger partial charge in [-0.3, -0.25) is 9.78 Å². The molecule has 1 aromatic carbocycles. The lowest BCUT2D eigenvalue weighted by Gasteiger charge is -2.34. The fourth-order valence-electron chi connectivity index (χ4n) is 3.02. The molecular weight excluding hydrogens is 290 g/mol. The smallest absolute Gasteiger partial charge is 0.255 e. The summed E-state index contributed by atoms with van der Waals surface area (Å²) in [6.45, 7) is 8.55. The zero-order chi connectivity index (χ0) is 16.4. The highest BCUT2D eigenvalue weighted by molar-refractivity contribution is 5.98. The predicted molar refractivity (Wildman–Crippen MR) is 91.0 cm³/mol. The molecule has 1 aliphatic rings. The molecule has 1 amide bonds. The zero-order valence-electron chi connectivity index (χ0n) is 14.0. The fraction of sp³-hybridized carbons (Fsp3) is 0.444. The van der Waals surface area contributed by atoms with Crippen LogP contribution in [0.5, 0.6) is 5.75 Å². The first kappa shape index (κ1) is 15.7. The van der Waals surface area contributed by atoms with Crippen LogP contribution in [0.25, 0.3) is 10.9 Å². The summed E-state index contributed by atoms with van der Waals surface area (Å²) in [5, 5.41) is 0.965. The third-order valence-corrected chi connectivity index (χ3v) is 4.55. The molecule has 3 rings (SSSR count). The van der Waals surface area contributed by atoms with Crippen molar-refractivity contribution in [2.75, 3.05) is 39.8 Å². The van der Waals surface area contributed by atoms with Gasteiger partial charge in [-0.1, -0.05) is 6.92 Å². The number of methoxy groups -OCH3 is 1. The van der Waals surface area contributed by atoms with Gasteiger partial charge in [0.05, 0.1) is 23.9 Å². The van der Waals surface area contributed by atoms with E-state index in [2.05, 4.69) is 16.8 Å². The minimum atomic E-state index is 0.0865. The molecule has 0 unspecified atom stereocenters. The largest absolute Gasteiger partial charge is 0.497 e. The fourth-order valence-corrected chi connectivity index (χ4v) is 3.02. The third kappa shape index (κ3) is 3.15. The van der Waals surface area contributed by atoms with E-state index < -0.39 is 0 Å². The van der Waals surface area contributed by atoms with Gasteiger partial charge in [-0.25, -0.2) is 0 Å². The topological polar surface area (TPSA) is 45.7 Å². The predicted octanol–water partition coefficient (Wildman–Crippen LogP) is 2.33. The van der Waals surface area contributed by atoms with E-state index >= 15 is 0 Å². The number of aromatic nitrogens is 1. The van der Waals surface area contributed by atoms with Crippen LogP contribution >= 0.6 is 0 Å². The van der Waals surface area contributed by atoms with Gasteiger partial charge in [0.25, 0.3) is 5.91 Å². The number of ether oxygens (including phenoxy) is 1. The molecule has 122 valence electrons. The van der Waals surface area contributed by atoms with Gasteiger partial charge in [0.1, 0.15) is 5.75 Å². The number of likely N-dealkylation sites (N-methyl/N-ethyl adjacent to an activating group) is 1. The quantitative estimate of drug-likeness (QED) is 0.872. The number of carbonyl (C=O) groups is 1. The first-order valence-corrected chi connectivity index (χ1v) is 8.09. The lowest BCUT2D eigenvalue weighted by atomic mass is 10.1. The van der Waals surface area contributed by atoms with E-state index in [0.717, 1.165) is 55.1 Å². The Labute approximate surface area is 136 Å². The van der Waals surface area contributed by atoms with E-state index in [1.54, 1.807) is 7.11 Å². The van der Waals surface area contributed by atoms with Crippen molar-refractivity contribution in [2.24, 2.45) is 0 Å². The second-order valence-electron chi connectivity index (χ2n) is 5.91. The molecule has 23 heavy (non-hydrogen) atoms. The summed E-state index contributed by atoms with van der Waals surface area (Å²) in [6.07, 6.45) is 0. The summed E-state index contributed by atoms with van der Waals surface area (Å²) in [5.74, 6) is 0.864. The third-order valence-electron chi connectivity index (χ3n) is 4.55. The van der Waals surface area contributed by atoms with Crippen LogP contribution in [0.2, 0.25) is 0 Å². The van der Waals surface area contributed by atoms with E-state index in [-0.39, 0.29) is 5.91 Å². The average Bonchev–Trinajstić information content (AvgIpc) is 2.60. The van der Waals surface area contributed by atoms with Crippen LogP contribution in [0.3, 0.4) is 0 Å². The number of benzene rings is 1. The van der Waals surface area contributed by atoms with Crippen LogP contribution in [0.15, 0.2) is 24.3 Å².